The van der Waals surface area contributed by atoms with E-state index in [4.69, 9.17) is 9.84 Å². The van der Waals surface area contributed by atoms with E-state index in [0.717, 1.165) is 38.5 Å². The van der Waals surface area contributed by atoms with Gasteiger partial charge in [0.25, 0.3) is 0 Å². The number of unbranched alkanes of at least 4 members (excludes halogenated alkanes) is 7. The first-order chi connectivity index (χ1) is 10.2. The van der Waals surface area contributed by atoms with Crippen LogP contribution in [0.1, 0.15) is 84.0 Å². The molecule has 1 heterocycles. The van der Waals surface area contributed by atoms with Gasteiger partial charge in [0.1, 0.15) is 0 Å². The van der Waals surface area contributed by atoms with E-state index < -0.39 is 5.97 Å². The molecule has 0 radical (unpaired) electrons. The smallest absolute Gasteiger partial charge is 0.303 e. The highest BCUT2D eigenvalue weighted by atomic mass is 16.6. The molecule has 3 nitrogen and oxygen atoms in total. The third-order valence-electron chi connectivity index (χ3n) is 3.90. The van der Waals surface area contributed by atoms with E-state index in [1.165, 1.54) is 32.1 Å². The van der Waals surface area contributed by atoms with Crippen LogP contribution in [0.15, 0.2) is 0 Å². The molecule has 1 rings (SSSR count). The van der Waals surface area contributed by atoms with Gasteiger partial charge in [0.05, 0.1) is 12.2 Å². The van der Waals surface area contributed by atoms with E-state index in [0.29, 0.717) is 18.6 Å². The Morgan fingerprint density at radius 2 is 1.76 bits per heavy atom. The first-order valence-electron chi connectivity index (χ1n) is 8.57. The largest absolute Gasteiger partial charge is 0.481 e. The summed E-state index contributed by atoms with van der Waals surface area (Å²) < 4.78 is 5.62. The third-order valence-corrected chi connectivity index (χ3v) is 3.90. The van der Waals surface area contributed by atoms with Gasteiger partial charge in [-0.15, -0.1) is 11.8 Å². The molecule has 1 fully saturated rings. The molecule has 21 heavy (non-hydrogen) atoms. The zero-order valence-electron chi connectivity index (χ0n) is 13.4. The molecule has 0 saturated carbocycles. The zero-order chi connectivity index (χ0) is 15.3. The van der Waals surface area contributed by atoms with Crippen LogP contribution < -0.4 is 0 Å². The molecule has 2 atom stereocenters. The van der Waals surface area contributed by atoms with Crippen molar-refractivity contribution >= 4 is 5.97 Å². The molecule has 0 bridgehead atoms. The van der Waals surface area contributed by atoms with E-state index in [1.54, 1.807) is 0 Å². The fourth-order valence-corrected chi connectivity index (χ4v) is 2.49. The van der Waals surface area contributed by atoms with Crippen LogP contribution >= 0.6 is 0 Å². The molecular formula is C18H30O3. The van der Waals surface area contributed by atoms with Crippen molar-refractivity contribution in [3.63, 3.8) is 0 Å². The average molecular weight is 294 g/mol. The van der Waals surface area contributed by atoms with Crippen LogP contribution in [0.5, 0.6) is 0 Å². The lowest BCUT2D eigenvalue weighted by atomic mass is 10.1. The van der Waals surface area contributed by atoms with Crippen LogP contribution in [-0.2, 0) is 9.53 Å². The van der Waals surface area contributed by atoms with Crippen LogP contribution in [0.3, 0.4) is 0 Å². The van der Waals surface area contributed by atoms with Gasteiger partial charge in [-0.05, 0) is 19.3 Å². The van der Waals surface area contributed by atoms with Crippen molar-refractivity contribution < 1.29 is 14.6 Å². The molecule has 3 heteroatoms. The van der Waals surface area contributed by atoms with E-state index in [1.807, 2.05) is 0 Å². The Hall–Kier alpha value is -1.01. The van der Waals surface area contributed by atoms with Crippen LogP contribution in [0, 0.1) is 11.8 Å². The summed E-state index contributed by atoms with van der Waals surface area (Å²) in [7, 11) is 0. The zero-order valence-corrected chi connectivity index (χ0v) is 13.4. The number of aliphatic carboxylic acids is 1. The molecule has 120 valence electrons. The summed E-state index contributed by atoms with van der Waals surface area (Å²) in [6, 6.07) is 0. The van der Waals surface area contributed by atoms with Crippen LogP contribution in [0.4, 0.5) is 0 Å². The summed E-state index contributed by atoms with van der Waals surface area (Å²) in [5.74, 6) is 5.79. The predicted octanol–water partition coefficient (Wildman–Crippen LogP) is 4.54. The summed E-state index contributed by atoms with van der Waals surface area (Å²) in [4.78, 5) is 10.4. The standard InChI is InChI=1S/C18H30O3/c1-2-3-4-5-7-10-13-16-17(21-16)14-11-8-6-9-12-15-18(19)20/h16-17H,2-6,8-9,11-15H2,1H3,(H,19,20). The highest BCUT2D eigenvalue weighted by Crippen LogP contribution is 2.29. The summed E-state index contributed by atoms with van der Waals surface area (Å²) in [6.45, 7) is 2.21. The maximum absolute atomic E-state index is 10.4. The van der Waals surface area contributed by atoms with Crippen molar-refractivity contribution in [3.05, 3.63) is 0 Å². The van der Waals surface area contributed by atoms with E-state index in [2.05, 4.69) is 18.8 Å². The number of rotatable bonds is 12. The second-order valence-electron chi connectivity index (χ2n) is 5.93. The maximum Gasteiger partial charge on any atom is 0.303 e. The van der Waals surface area contributed by atoms with Gasteiger partial charge >= 0.3 is 5.97 Å². The van der Waals surface area contributed by atoms with Crippen molar-refractivity contribution in [2.75, 3.05) is 0 Å². The van der Waals surface area contributed by atoms with Gasteiger partial charge < -0.3 is 9.84 Å². The topological polar surface area (TPSA) is 49.8 Å². The molecule has 2 unspecified atom stereocenters. The number of ether oxygens (including phenoxy) is 1. The van der Waals surface area contributed by atoms with Crippen LogP contribution in [0.2, 0.25) is 0 Å². The molecule has 1 aliphatic rings. The predicted molar refractivity (Wildman–Crippen MR) is 85.2 cm³/mol. The molecule has 1 N–H and O–H groups in total. The number of hydrogen-bond acceptors (Lipinski definition) is 2. The number of carbonyl (C=O) groups is 1. The highest BCUT2D eigenvalue weighted by Gasteiger charge is 2.36. The van der Waals surface area contributed by atoms with E-state index in [-0.39, 0.29) is 0 Å². The molecule has 1 aliphatic heterocycles. The minimum absolute atomic E-state index is 0.310. The Kier molecular flexibility index (Phi) is 9.99. The summed E-state index contributed by atoms with van der Waals surface area (Å²) in [6.07, 6.45) is 13.3. The summed E-state index contributed by atoms with van der Waals surface area (Å²) >= 11 is 0. The normalized spacial score (nSPS) is 19.9. The quantitative estimate of drug-likeness (QED) is 0.326. The van der Waals surface area contributed by atoms with Gasteiger partial charge in [0, 0.05) is 19.3 Å². The molecule has 0 spiro atoms. The van der Waals surface area contributed by atoms with Crippen LogP contribution in [-0.4, -0.2) is 23.3 Å². The number of carboxylic acids is 1. The SMILES string of the molecule is CCCCCC#CCC1OC1CCCCCCCC(=O)O. The van der Waals surface area contributed by atoms with Crippen molar-refractivity contribution in [2.24, 2.45) is 0 Å². The molecule has 0 aromatic rings. The third kappa shape index (κ3) is 10.4. The Morgan fingerprint density at radius 3 is 2.52 bits per heavy atom. The average Bonchev–Trinajstić information content (AvgIpc) is 3.20. The lowest BCUT2D eigenvalue weighted by Crippen LogP contribution is -1.94. The Labute approximate surface area is 129 Å². The number of epoxide rings is 1. The lowest BCUT2D eigenvalue weighted by molar-refractivity contribution is -0.137. The summed E-state index contributed by atoms with van der Waals surface area (Å²) in [5, 5.41) is 8.53. The second-order valence-corrected chi connectivity index (χ2v) is 5.93. The van der Waals surface area contributed by atoms with Crippen LogP contribution in [0.25, 0.3) is 0 Å². The van der Waals surface area contributed by atoms with Gasteiger partial charge in [0.15, 0.2) is 0 Å². The first-order valence-corrected chi connectivity index (χ1v) is 8.57. The first kappa shape index (κ1) is 18.0. The molecular weight excluding hydrogens is 264 g/mol. The second kappa shape index (κ2) is 11.6. The minimum atomic E-state index is -0.681. The minimum Gasteiger partial charge on any atom is -0.481 e. The molecule has 0 aromatic carbocycles. The van der Waals surface area contributed by atoms with Gasteiger partial charge in [0.2, 0.25) is 0 Å². The molecule has 0 aliphatic carbocycles. The highest BCUT2D eigenvalue weighted by molar-refractivity contribution is 5.66. The summed E-state index contributed by atoms with van der Waals surface area (Å²) in [5.41, 5.74) is 0. The van der Waals surface area contributed by atoms with E-state index in [9.17, 15) is 4.79 Å². The Bertz CT molecular complexity index is 340. The van der Waals surface area contributed by atoms with Crippen molar-refractivity contribution in [1.82, 2.24) is 0 Å². The van der Waals surface area contributed by atoms with Gasteiger partial charge in [-0.2, -0.15) is 0 Å². The molecule has 0 amide bonds. The molecule has 1 saturated heterocycles. The number of hydrogen-bond donors (Lipinski definition) is 1. The van der Waals surface area contributed by atoms with Gasteiger partial charge in [-0.25, -0.2) is 0 Å². The monoisotopic (exact) mass is 294 g/mol. The van der Waals surface area contributed by atoms with Crippen molar-refractivity contribution in [1.29, 1.82) is 0 Å². The Morgan fingerprint density at radius 1 is 1.00 bits per heavy atom. The Balaban J connectivity index is 1.85. The molecule has 0 aromatic heterocycles. The number of carboxylic acid groups (broad SMARTS) is 1. The fraction of sp³-hybridized carbons (Fsp3) is 0.833. The van der Waals surface area contributed by atoms with Crippen molar-refractivity contribution in [2.45, 2.75) is 96.2 Å². The van der Waals surface area contributed by atoms with Crippen molar-refractivity contribution in [3.8, 4) is 11.8 Å². The fourth-order valence-electron chi connectivity index (χ4n) is 2.49. The lowest BCUT2D eigenvalue weighted by Gasteiger charge is -1.98. The van der Waals surface area contributed by atoms with E-state index >= 15 is 0 Å². The van der Waals surface area contributed by atoms with Gasteiger partial charge in [-0.1, -0.05) is 45.4 Å². The van der Waals surface area contributed by atoms with Gasteiger partial charge in [-0.3, -0.25) is 4.79 Å². The maximum atomic E-state index is 10.4.